The quantitative estimate of drug-likeness (QED) is 0.830. The van der Waals surface area contributed by atoms with Gasteiger partial charge in [-0.1, -0.05) is 30.3 Å². The molecule has 1 heterocycles. The van der Waals surface area contributed by atoms with Gasteiger partial charge in [0, 0.05) is 41.4 Å². The smallest absolute Gasteiger partial charge is 0.410 e. The van der Waals surface area contributed by atoms with Crippen LogP contribution in [0.25, 0.3) is 0 Å². The van der Waals surface area contributed by atoms with Gasteiger partial charge in [0.05, 0.1) is 0 Å². The average Bonchev–Trinajstić information content (AvgIpc) is 2.47. The van der Waals surface area contributed by atoms with Crippen LogP contribution < -0.4 is 0 Å². The van der Waals surface area contributed by atoms with E-state index < -0.39 is 9.73 Å². The van der Waals surface area contributed by atoms with Crippen molar-refractivity contribution in [1.82, 2.24) is 4.90 Å². The van der Waals surface area contributed by atoms with E-state index in [1.165, 1.54) is 0 Å². The maximum atomic E-state index is 12.0. The molecule has 1 aliphatic rings. The fourth-order valence-corrected chi connectivity index (χ4v) is 3.48. The van der Waals surface area contributed by atoms with Crippen molar-refractivity contribution in [3.8, 4) is 0 Å². The second-order valence-corrected chi connectivity index (χ2v) is 7.12. The number of benzene rings is 1. The van der Waals surface area contributed by atoms with Gasteiger partial charge in [-0.25, -0.2) is 13.4 Å². The summed E-state index contributed by atoms with van der Waals surface area (Å²) in [5.41, 5.74) is 0.959. The standard InChI is InChI=1S/C13H18N2O3S/c1-14-19(17)9-7-15(8-10-19)13(16)18-11-12-5-3-2-4-6-12/h2-6H,7-11H2,1H3. The van der Waals surface area contributed by atoms with Crippen LogP contribution in [-0.4, -0.2) is 46.8 Å². The summed E-state index contributed by atoms with van der Waals surface area (Å²) in [6.45, 7) is 1.16. The minimum atomic E-state index is -2.09. The number of ether oxygens (including phenoxy) is 1. The number of hydrogen-bond acceptors (Lipinski definition) is 4. The lowest BCUT2D eigenvalue weighted by atomic mass is 10.2. The zero-order valence-corrected chi connectivity index (χ0v) is 11.8. The molecular formula is C13H18N2O3S. The molecule has 1 saturated heterocycles. The Hall–Kier alpha value is -1.56. The van der Waals surface area contributed by atoms with Gasteiger partial charge in [0.2, 0.25) is 0 Å². The van der Waals surface area contributed by atoms with Crippen molar-refractivity contribution in [2.75, 3.05) is 31.6 Å². The van der Waals surface area contributed by atoms with E-state index in [9.17, 15) is 9.00 Å². The van der Waals surface area contributed by atoms with Gasteiger partial charge in [-0.2, -0.15) is 0 Å². The summed E-state index contributed by atoms with van der Waals surface area (Å²) in [4.78, 5) is 13.4. The largest absolute Gasteiger partial charge is 0.445 e. The molecule has 0 N–H and O–H groups in total. The maximum Gasteiger partial charge on any atom is 0.410 e. The first-order valence-electron chi connectivity index (χ1n) is 6.19. The van der Waals surface area contributed by atoms with E-state index in [0.29, 0.717) is 24.6 Å². The number of rotatable bonds is 2. The van der Waals surface area contributed by atoms with Crippen molar-refractivity contribution in [3.05, 3.63) is 35.9 Å². The van der Waals surface area contributed by atoms with Crippen molar-refractivity contribution >= 4 is 15.8 Å². The van der Waals surface area contributed by atoms with Crippen molar-refractivity contribution in [1.29, 1.82) is 0 Å². The second kappa shape index (κ2) is 6.06. The highest BCUT2D eigenvalue weighted by Crippen LogP contribution is 2.09. The summed E-state index contributed by atoms with van der Waals surface area (Å²) < 4.78 is 21.1. The van der Waals surface area contributed by atoms with E-state index in [4.69, 9.17) is 4.74 Å². The van der Waals surface area contributed by atoms with Gasteiger partial charge in [-0.3, -0.25) is 0 Å². The van der Waals surface area contributed by atoms with Gasteiger partial charge in [-0.15, -0.1) is 0 Å². The molecule has 2 rings (SSSR count). The zero-order chi connectivity index (χ0) is 13.7. The summed E-state index contributed by atoms with van der Waals surface area (Å²) in [6, 6.07) is 9.54. The Balaban J connectivity index is 1.84. The Morgan fingerprint density at radius 3 is 2.53 bits per heavy atom. The molecule has 1 aromatic carbocycles. The van der Waals surface area contributed by atoms with Crippen molar-refractivity contribution < 1.29 is 13.7 Å². The highest BCUT2D eigenvalue weighted by atomic mass is 32.2. The predicted molar refractivity (Wildman–Crippen MR) is 74.4 cm³/mol. The number of carbonyl (C=O) groups excluding carboxylic acids is 1. The molecule has 6 heteroatoms. The Morgan fingerprint density at radius 2 is 1.95 bits per heavy atom. The maximum absolute atomic E-state index is 12.0. The van der Waals surface area contributed by atoms with Gasteiger partial charge in [-0.05, 0) is 5.56 Å². The summed E-state index contributed by atoms with van der Waals surface area (Å²) in [5, 5.41) is 0. The molecule has 0 aliphatic carbocycles. The Kier molecular flexibility index (Phi) is 4.42. The van der Waals surface area contributed by atoms with Gasteiger partial charge in [0.1, 0.15) is 6.61 Å². The lowest BCUT2D eigenvalue weighted by molar-refractivity contribution is 0.0994. The Labute approximate surface area is 113 Å². The van der Waals surface area contributed by atoms with Crippen molar-refractivity contribution in [3.63, 3.8) is 0 Å². The van der Waals surface area contributed by atoms with Crippen LogP contribution in [0.1, 0.15) is 5.56 Å². The highest BCUT2D eigenvalue weighted by Gasteiger charge is 2.24. The lowest BCUT2D eigenvalue weighted by Crippen LogP contribution is -2.43. The van der Waals surface area contributed by atoms with Crippen LogP contribution in [-0.2, 0) is 21.1 Å². The van der Waals surface area contributed by atoms with Crippen LogP contribution in [0.3, 0.4) is 0 Å². The number of nitrogens with zero attached hydrogens (tertiary/aromatic N) is 2. The van der Waals surface area contributed by atoms with Crippen LogP contribution in [0.5, 0.6) is 0 Å². The average molecular weight is 282 g/mol. The molecule has 0 unspecified atom stereocenters. The van der Waals surface area contributed by atoms with E-state index in [2.05, 4.69) is 4.36 Å². The number of amides is 1. The molecular weight excluding hydrogens is 264 g/mol. The van der Waals surface area contributed by atoms with E-state index in [0.717, 1.165) is 5.56 Å². The van der Waals surface area contributed by atoms with E-state index >= 15 is 0 Å². The SMILES string of the molecule is CN=S1(=O)CCN(C(=O)OCc2ccccc2)CC1. The third-order valence-electron chi connectivity index (χ3n) is 3.16. The lowest BCUT2D eigenvalue weighted by Gasteiger charge is -2.27. The fourth-order valence-electron chi connectivity index (χ4n) is 1.90. The first-order chi connectivity index (χ1) is 9.13. The number of carbonyl (C=O) groups is 1. The second-order valence-electron chi connectivity index (χ2n) is 4.39. The topological polar surface area (TPSA) is 59.0 Å². The molecule has 1 fully saturated rings. The zero-order valence-electron chi connectivity index (χ0n) is 10.9. The summed E-state index contributed by atoms with van der Waals surface area (Å²) in [6.07, 6.45) is -0.346. The van der Waals surface area contributed by atoms with Crippen molar-refractivity contribution in [2.24, 2.45) is 4.36 Å². The summed E-state index contributed by atoms with van der Waals surface area (Å²) in [7, 11) is -0.511. The molecule has 0 radical (unpaired) electrons. The van der Waals surface area contributed by atoms with Crippen LogP contribution in [0, 0.1) is 0 Å². The Bertz CT molecular complexity index is 536. The van der Waals surface area contributed by atoms with E-state index in [1.807, 2.05) is 30.3 Å². The van der Waals surface area contributed by atoms with Crippen LogP contribution >= 0.6 is 0 Å². The van der Waals surface area contributed by atoms with Crippen molar-refractivity contribution in [2.45, 2.75) is 6.61 Å². The summed E-state index contributed by atoms with van der Waals surface area (Å²) in [5.74, 6) is 0.869. The predicted octanol–water partition coefficient (Wildman–Crippen LogP) is 1.74. The molecule has 1 aromatic rings. The normalized spacial score (nSPS) is 17.8. The first-order valence-corrected chi connectivity index (χ1v) is 8.04. The molecule has 1 amide bonds. The van der Waals surface area contributed by atoms with Crippen LogP contribution in [0.2, 0.25) is 0 Å². The van der Waals surface area contributed by atoms with Crippen LogP contribution in [0.4, 0.5) is 4.79 Å². The van der Waals surface area contributed by atoms with E-state index in [-0.39, 0.29) is 12.7 Å². The van der Waals surface area contributed by atoms with E-state index in [1.54, 1.807) is 11.9 Å². The molecule has 1 aliphatic heterocycles. The molecule has 0 spiro atoms. The Morgan fingerprint density at radius 1 is 1.32 bits per heavy atom. The molecule has 0 aromatic heterocycles. The summed E-state index contributed by atoms with van der Waals surface area (Å²) >= 11 is 0. The van der Waals surface area contributed by atoms with Gasteiger partial charge >= 0.3 is 6.09 Å². The fraction of sp³-hybridized carbons (Fsp3) is 0.462. The molecule has 5 nitrogen and oxygen atoms in total. The minimum Gasteiger partial charge on any atom is -0.445 e. The molecule has 19 heavy (non-hydrogen) atoms. The highest BCUT2D eigenvalue weighted by molar-refractivity contribution is 7.93. The molecule has 104 valence electrons. The van der Waals surface area contributed by atoms with Crippen LogP contribution in [0.15, 0.2) is 34.7 Å². The van der Waals surface area contributed by atoms with Gasteiger partial charge in [0.25, 0.3) is 0 Å². The van der Waals surface area contributed by atoms with Gasteiger partial charge in [0.15, 0.2) is 0 Å². The first kappa shape index (κ1) is 13.9. The molecule has 0 bridgehead atoms. The molecule has 0 saturated carbocycles. The third-order valence-corrected chi connectivity index (χ3v) is 5.46. The molecule has 0 atom stereocenters. The minimum absolute atomic E-state index is 0.268. The number of hydrogen-bond donors (Lipinski definition) is 0. The monoisotopic (exact) mass is 282 g/mol. The van der Waals surface area contributed by atoms with Gasteiger partial charge < -0.3 is 9.64 Å². The third kappa shape index (κ3) is 3.70.